The van der Waals surface area contributed by atoms with Crippen LogP contribution in [0.4, 0.5) is 4.79 Å². The molecule has 2 aromatic rings. The van der Waals surface area contributed by atoms with Crippen LogP contribution in [0.15, 0.2) is 63.6 Å². The summed E-state index contributed by atoms with van der Waals surface area (Å²) in [7, 11) is 0. The van der Waals surface area contributed by atoms with E-state index in [4.69, 9.17) is 9.47 Å². The van der Waals surface area contributed by atoms with Gasteiger partial charge in [-0.15, -0.1) is 0 Å². The van der Waals surface area contributed by atoms with Gasteiger partial charge in [-0.2, -0.15) is 4.99 Å². The van der Waals surface area contributed by atoms with Crippen molar-refractivity contribution >= 4 is 36.5 Å². The molecule has 3 aliphatic rings. The summed E-state index contributed by atoms with van der Waals surface area (Å²) in [4.78, 5) is 128. The van der Waals surface area contributed by atoms with E-state index in [2.05, 4.69) is 117 Å². The van der Waals surface area contributed by atoms with Crippen LogP contribution in [0.5, 0.6) is 0 Å². The molecule has 2 N–H and O–H groups in total. The van der Waals surface area contributed by atoms with E-state index in [-0.39, 0.29) is 77.2 Å². The van der Waals surface area contributed by atoms with Gasteiger partial charge in [-0.05, 0) is 143 Å². The van der Waals surface area contributed by atoms with Crippen LogP contribution >= 0.6 is 0 Å². The number of unbranched alkanes of at least 4 members (excludes halogenated alkanes) is 5. The van der Waals surface area contributed by atoms with Gasteiger partial charge in [-0.1, -0.05) is 126 Å². The van der Waals surface area contributed by atoms with Gasteiger partial charge in [0, 0.05) is 50.2 Å². The van der Waals surface area contributed by atoms with Gasteiger partial charge in [-0.25, -0.2) is 76.8 Å². The van der Waals surface area contributed by atoms with Crippen molar-refractivity contribution in [3.63, 3.8) is 0 Å². The molecule has 1 aromatic carbocycles. The lowest BCUT2D eigenvalue weighted by Gasteiger charge is -2.45. The number of aromatic nitrogens is 3. The summed E-state index contributed by atoms with van der Waals surface area (Å²) in [5.41, 5.74) is -1.75. The third-order valence-electron chi connectivity index (χ3n) is 17.7. The highest BCUT2D eigenvalue weighted by Gasteiger charge is 2.45. The van der Waals surface area contributed by atoms with Crippen LogP contribution in [0.3, 0.4) is 0 Å². The number of carbonyl (C=O) groups excluding carboxylic acids is 6. The van der Waals surface area contributed by atoms with Gasteiger partial charge in [-0.3, -0.25) is 5.32 Å². The Morgan fingerprint density at radius 2 is 1.16 bits per heavy atom. The number of ether oxygens (including phenoxy) is 2. The fourth-order valence-corrected chi connectivity index (χ4v) is 13.6. The maximum atomic E-state index is 14.4. The molecule has 5 rings (SSSR count). The van der Waals surface area contributed by atoms with Crippen molar-refractivity contribution in [2.75, 3.05) is 33.0 Å². The van der Waals surface area contributed by atoms with E-state index < -0.39 is 40.1 Å². The number of amides is 1. The zero-order valence-corrected chi connectivity index (χ0v) is 55.2. The van der Waals surface area contributed by atoms with Crippen LogP contribution in [-0.2, 0) is 64.2 Å². The number of alkyl carbamates (subject to hydrolysis) is 1. The molecule has 21 nitrogen and oxygen atoms in total. The Balaban J connectivity index is 0.000000417. The minimum Gasteiger partial charge on any atom is -0.450 e. The summed E-state index contributed by atoms with van der Waals surface area (Å²) in [5.74, 6) is -0.550. The number of aliphatic imine (C=N–C) groups is 5. The van der Waals surface area contributed by atoms with Crippen LogP contribution < -0.4 is 27.7 Å². The van der Waals surface area contributed by atoms with Crippen LogP contribution in [0, 0.1) is 45.3 Å². The number of isocyanates is 5. The highest BCUT2D eigenvalue weighted by atomic mass is 16.5. The van der Waals surface area contributed by atoms with Crippen LogP contribution in [-0.4, -0.2) is 101 Å². The van der Waals surface area contributed by atoms with Crippen molar-refractivity contribution in [3.8, 4) is 0 Å². The van der Waals surface area contributed by atoms with E-state index in [0.717, 1.165) is 91.1 Å². The summed E-state index contributed by atoms with van der Waals surface area (Å²) in [6.07, 6.45) is 20.6. The van der Waals surface area contributed by atoms with Gasteiger partial charge in [0.15, 0.2) is 0 Å². The van der Waals surface area contributed by atoms with Crippen LogP contribution in [0.1, 0.15) is 211 Å². The van der Waals surface area contributed by atoms with Gasteiger partial charge in [0.2, 0.25) is 30.4 Å². The van der Waals surface area contributed by atoms with Gasteiger partial charge < -0.3 is 14.8 Å². The van der Waals surface area contributed by atoms with Gasteiger partial charge in [0.25, 0.3) is 0 Å². The molecule has 87 heavy (non-hydrogen) atoms. The first-order valence-corrected chi connectivity index (χ1v) is 31.5. The third kappa shape index (κ3) is 24.3. The molecule has 0 aliphatic heterocycles. The number of benzene rings is 1. The topological polar surface area (TPSA) is 273 Å². The van der Waals surface area contributed by atoms with E-state index in [9.17, 15) is 43.2 Å². The quantitative estimate of drug-likeness (QED) is 0.0348. The molecule has 1 aromatic heterocycles. The molecule has 8 unspecified atom stereocenters. The highest BCUT2D eigenvalue weighted by Crippen LogP contribution is 2.48. The van der Waals surface area contributed by atoms with E-state index >= 15 is 0 Å². The first kappa shape index (κ1) is 75.0. The van der Waals surface area contributed by atoms with Gasteiger partial charge in [0.1, 0.15) is 0 Å². The van der Waals surface area contributed by atoms with E-state index in [1.807, 2.05) is 46.8 Å². The second-order valence-corrected chi connectivity index (χ2v) is 28.4. The van der Waals surface area contributed by atoms with Crippen molar-refractivity contribution in [3.05, 3.63) is 66.8 Å². The second-order valence-electron chi connectivity index (χ2n) is 28.4. The Bertz CT molecular complexity index is 2870. The summed E-state index contributed by atoms with van der Waals surface area (Å²) in [6, 6.07) is 6.95. The Labute approximate surface area is 516 Å². The molecule has 3 fully saturated rings. The van der Waals surface area contributed by atoms with Gasteiger partial charge in [0.05, 0.1) is 43.5 Å². The molecule has 3 saturated carbocycles. The first-order valence-electron chi connectivity index (χ1n) is 31.5. The van der Waals surface area contributed by atoms with E-state index in [0.29, 0.717) is 58.5 Å². The van der Waals surface area contributed by atoms with E-state index in [1.54, 1.807) is 24.3 Å². The lowest BCUT2D eigenvalue weighted by molar-refractivity contribution is 0.0621. The van der Waals surface area contributed by atoms with Crippen LogP contribution in [0.2, 0.25) is 0 Å². The molecule has 0 spiro atoms. The third-order valence-corrected chi connectivity index (χ3v) is 17.7. The molecular weight excluding hydrogens is 1110 g/mol. The number of rotatable bonds is 28. The van der Waals surface area contributed by atoms with Crippen molar-refractivity contribution in [1.82, 2.24) is 24.3 Å². The fraction of sp³-hybridized carbons (Fsp3) is 0.773. The predicted octanol–water partition coefficient (Wildman–Crippen LogP) is 10.9. The standard InChI is InChI=1S/C36H54N6O6.C18H28N2O2.C12H22N2O3/c1-23-10-33(3,4)14-28(38-21-44)26(23)16-40-30(46)41(17-27-24(2)11-34(5,6)15-29(27)39-22-45)32(48)42(31(40)47)19-36(9)13-25(37-20-43)12-35(7,8)18-36;1-6-7-11-22-14-20-18(4,5)16-10-8-9-15(12-16)17(2,3)19-13-21;1-2-3-10-17-12(16)14-9-7-5-4-6-8-13-11-15/h23-29H,10-19H2,1-9H3;8-10,12,20H,6-7,11,14H2,1-5H3;2-10H2,1H3,(H,14,16). The largest absolute Gasteiger partial charge is 0.450 e. The predicted molar refractivity (Wildman–Crippen MR) is 337 cm³/mol. The molecule has 0 bridgehead atoms. The number of nitrogens with one attached hydrogen (secondary N) is 2. The zero-order chi connectivity index (χ0) is 65.2. The molecule has 0 radical (unpaired) electrons. The van der Waals surface area contributed by atoms with Crippen molar-refractivity contribution in [2.45, 2.75) is 249 Å². The fourth-order valence-electron chi connectivity index (χ4n) is 13.6. The Morgan fingerprint density at radius 1 is 0.632 bits per heavy atom. The molecule has 21 heteroatoms. The van der Waals surface area contributed by atoms with Crippen molar-refractivity contribution < 1.29 is 38.2 Å². The normalized spacial score (nSPS) is 23.6. The lowest BCUT2D eigenvalue weighted by Crippen LogP contribution is -2.59. The Morgan fingerprint density at radius 3 is 1.69 bits per heavy atom. The Hall–Kier alpha value is -6.28. The van der Waals surface area contributed by atoms with E-state index in [1.165, 1.54) is 10.6 Å². The maximum absolute atomic E-state index is 14.4. The number of hydrogen-bond donors (Lipinski definition) is 2. The maximum Gasteiger partial charge on any atom is 0.407 e. The minimum atomic E-state index is -0.712. The molecule has 8 atom stereocenters. The molecule has 1 amide bonds. The average molecular weight is 1210 g/mol. The summed E-state index contributed by atoms with van der Waals surface area (Å²) in [5, 5.41) is 6.11. The lowest BCUT2D eigenvalue weighted by atomic mass is 9.62. The minimum absolute atomic E-state index is 0.00548. The Kier molecular flexibility index (Phi) is 30.2. The second kappa shape index (κ2) is 35.1. The number of hydrogen-bond acceptors (Lipinski definition) is 17. The first-order chi connectivity index (χ1) is 40.9. The summed E-state index contributed by atoms with van der Waals surface area (Å²) >= 11 is 0. The molecule has 3 aliphatic carbocycles. The van der Waals surface area contributed by atoms with Crippen molar-refractivity contribution in [2.24, 2.45) is 70.3 Å². The highest BCUT2D eigenvalue weighted by molar-refractivity contribution is 5.67. The van der Waals surface area contributed by atoms with Crippen LogP contribution in [0.25, 0.3) is 0 Å². The molecule has 0 saturated heterocycles. The monoisotopic (exact) mass is 1210 g/mol. The van der Waals surface area contributed by atoms with Gasteiger partial charge >= 0.3 is 23.2 Å². The number of nitrogens with zero attached hydrogens (tertiary/aromatic N) is 8. The molecule has 1 heterocycles. The smallest absolute Gasteiger partial charge is 0.407 e. The number of carbonyl (C=O) groups is 1. The average Bonchev–Trinajstić information content (AvgIpc) is 0.852. The summed E-state index contributed by atoms with van der Waals surface area (Å²) < 4.78 is 14.0. The molecular formula is C66H104N10O11. The molecule has 484 valence electrons. The summed E-state index contributed by atoms with van der Waals surface area (Å²) in [6.45, 7) is 34.0. The SMILES string of the molecule is CC1CC(C)(C)CC(N=C=O)C1Cn1c(=O)n(CC2C(C)CC(C)(C)CC2N=C=O)c(=O)n(CC2(C)CC(N=C=O)CC(C)(C)C2)c1=O.CCCCOC(=O)NCCCCCCN=C=O.CCCCOCNC(C)(C)c1cccc(C(C)(C)N=C=O)c1. The van der Waals surface area contributed by atoms with Crippen molar-refractivity contribution in [1.29, 1.82) is 0 Å². The zero-order valence-electron chi connectivity index (χ0n) is 55.2.